The average Bonchev–Trinajstić information content (AvgIpc) is 3.14. The molecule has 2 rings (SSSR count). The van der Waals surface area contributed by atoms with Crippen LogP contribution in [0.3, 0.4) is 0 Å². The summed E-state index contributed by atoms with van der Waals surface area (Å²) in [5.41, 5.74) is 0.363. The van der Waals surface area contributed by atoms with E-state index < -0.39 is 0 Å². The molecular formula is C17H27N3O5S. The van der Waals surface area contributed by atoms with Gasteiger partial charge in [-0.05, 0) is 32.1 Å². The minimum atomic E-state index is -0.380. The fourth-order valence-electron chi connectivity index (χ4n) is 2.65. The summed E-state index contributed by atoms with van der Waals surface area (Å²) in [5.74, 6) is -0.0322. The van der Waals surface area contributed by atoms with Crippen molar-refractivity contribution >= 4 is 28.5 Å². The Hall–Kier alpha value is -1.87. The number of amides is 1. The SMILES string of the molecule is CCOC(=O)c1csc(N2CCC(COC(=O)NCCCOC)CC2)n1. The summed E-state index contributed by atoms with van der Waals surface area (Å²) in [7, 11) is 1.63. The molecule has 0 unspecified atom stereocenters. The molecule has 0 bridgehead atoms. The number of aromatic nitrogens is 1. The van der Waals surface area contributed by atoms with Crippen LogP contribution >= 0.6 is 11.3 Å². The number of piperidine rings is 1. The number of ether oxygens (including phenoxy) is 3. The highest BCUT2D eigenvalue weighted by Crippen LogP contribution is 2.26. The number of alkyl carbamates (subject to hydrolysis) is 1. The summed E-state index contributed by atoms with van der Waals surface area (Å²) in [6.45, 7) is 5.38. The van der Waals surface area contributed by atoms with Gasteiger partial charge in [-0.3, -0.25) is 0 Å². The Bertz CT molecular complexity index is 572. The Morgan fingerprint density at radius 1 is 1.35 bits per heavy atom. The van der Waals surface area contributed by atoms with E-state index in [0.29, 0.717) is 38.0 Å². The van der Waals surface area contributed by atoms with Crippen LogP contribution in [0.25, 0.3) is 0 Å². The zero-order chi connectivity index (χ0) is 18.8. The van der Waals surface area contributed by atoms with Crippen molar-refractivity contribution in [1.82, 2.24) is 10.3 Å². The van der Waals surface area contributed by atoms with Gasteiger partial charge in [0.2, 0.25) is 0 Å². The maximum Gasteiger partial charge on any atom is 0.407 e. The number of carbonyl (C=O) groups excluding carboxylic acids is 2. The molecule has 1 aromatic rings. The van der Waals surface area contributed by atoms with E-state index in [2.05, 4.69) is 15.2 Å². The van der Waals surface area contributed by atoms with Gasteiger partial charge in [0.25, 0.3) is 0 Å². The number of esters is 1. The van der Waals surface area contributed by atoms with Crippen molar-refractivity contribution in [3.05, 3.63) is 11.1 Å². The molecule has 1 saturated heterocycles. The molecule has 0 aromatic carbocycles. The summed E-state index contributed by atoms with van der Waals surface area (Å²) < 4.78 is 15.2. The molecule has 1 aliphatic heterocycles. The van der Waals surface area contributed by atoms with E-state index in [-0.39, 0.29) is 12.1 Å². The lowest BCUT2D eigenvalue weighted by Crippen LogP contribution is -2.36. The Kier molecular flexibility index (Phi) is 8.63. The third-order valence-corrected chi connectivity index (χ3v) is 5.01. The summed E-state index contributed by atoms with van der Waals surface area (Å²) >= 11 is 1.45. The predicted octanol–water partition coefficient (Wildman–Crippen LogP) is 2.30. The van der Waals surface area contributed by atoms with Crippen molar-refractivity contribution < 1.29 is 23.8 Å². The van der Waals surface area contributed by atoms with Crippen LogP contribution in [0.2, 0.25) is 0 Å². The van der Waals surface area contributed by atoms with Gasteiger partial charge in [0, 0.05) is 38.7 Å². The zero-order valence-electron chi connectivity index (χ0n) is 15.4. The van der Waals surface area contributed by atoms with Gasteiger partial charge in [0.1, 0.15) is 0 Å². The fraction of sp³-hybridized carbons (Fsp3) is 0.706. The van der Waals surface area contributed by atoms with E-state index in [1.165, 1.54) is 11.3 Å². The largest absolute Gasteiger partial charge is 0.461 e. The third kappa shape index (κ3) is 6.45. The number of hydrogen-bond donors (Lipinski definition) is 1. The van der Waals surface area contributed by atoms with E-state index in [1.807, 2.05) is 0 Å². The molecule has 8 nitrogen and oxygen atoms in total. The Labute approximate surface area is 157 Å². The number of hydrogen-bond acceptors (Lipinski definition) is 8. The fourth-order valence-corrected chi connectivity index (χ4v) is 3.50. The second kappa shape index (κ2) is 11.0. The van der Waals surface area contributed by atoms with Crippen molar-refractivity contribution in [1.29, 1.82) is 0 Å². The van der Waals surface area contributed by atoms with Gasteiger partial charge in [-0.1, -0.05) is 0 Å². The Balaban J connectivity index is 1.67. The van der Waals surface area contributed by atoms with Crippen LogP contribution in [0.4, 0.5) is 9.93 Å². The molecule has 1 N–H and O–H groups in total. The summed E-state index contributed by atoms with van der Waals surface area (Å²) in [5, 5.41) is 5.28. The number of methoxy groups -OCH3 is 1. The second-order valence-electron chi connectivity index (χ2n) is 6.04. The first-order valence-corrected chi connectivity index (χ1v) is 9.79. The van der Waals surface area contributed by atoms with Crippen molar-refractivity contribution in [2.75, 3.05) is 51.5 Å². The monoisotopic (exact) mass is 385 g/mol. The third-order valence-electron chi connectivity index (χ3n) is 4.11. The molecule has 1 aromatic heterocycles. The molecule has 9 heteroatoms. The molecule has 2 heterocycles. The topological polar surface area (TPSA) is 90.0 Å². The maximum absolute atomic E-state index is 11.7. The first-order valence-electron chi connectivity index (χ1n) is 8.91. The van der Waals surface area contributed by atoms with Gasteiger partial charge in [-0.2, -0.15) is 0 Å². The van der Waals surface area contributed by atoms with E-state index >= 15 is 0 Å². The van der Waals surface area contributed by atoms with Gasteiger partial charge in [-0.15, -0.1) is 11.3 Å². The highest BCUT2D eigenvalue weighted by Gasteiger charge is 2.23. The zero-order valence-corrected chi connectivity index (χ0v) is 16.2. The predicted molar refractivity (Wildman–Crippen MR) is 98.9 cm³/mol. The lowest BCUT2D eigenvalue weighted by molar-refractivity contribution is 0.0520. The summed E-state index contributed by atoms with van der Waals surface area (Å²) in [6.07, 6.45) is 2.24. The van der Waals surface area contributed by atoms with Crippen molar-refractivity contribution in [3.63, 3.8) is 0 Å². The lowest BCUT2D eigenvalue weighted by Gasteiger charge is -2.31. The second-order valence-corrected chi connectivity index (χ2v) is 6.87. The van der Waals surface area contributed by atoms with Crippen LogP contribution in [-0.2, 0) is 14.2 Å². The average molecular weight is 385 g/mol. The standard InChI is InChI=1S/C17H27N3O5S/c1-3-24-15(21)14-12-26-16(19-14)20-8-5-13(6-9-20)11-25-17(22)18-7-4-10-23-2/h12-13H,3-11H2,1-2H3,(H,18,22). The molecule has 0 atom stereocenters. The van der Waals surface area contributed by atoms with Gasteiger partial charge in [-0.25, -0.2) is 14.6 Å². The molecule has 1 amide bonds. The number of rotatable bonds is 9. The normalized spacial score (nSPS) is 14.9. The number of nitrogens with zero attached hydrogens (tertiary/aromatic N) is 2. The molecule has 1 fully saturated rings. The maximum atomic E-state index is 11.7. The Morgan fingerprint density at radius 3 is 2.81 bits per heavy atom. The van der Waals surface area contributed by atoms with E-state index in [4.69, 9.17) is 14.2 Å². The summed E-state index contributed by atoms with van der Waals surface area (Å²) in [6, 6.07) is 0. The number of thiazole rings is 1. The molecule has 26 heavy (non-hydrogen) atoms. The van der Waals surface area contributed by atoms with E-state index in [1.54, 1.807) is 19.4 Å². The molecule has 1 aliphatic rings. The molecule has 0 saturated carbocycles. The highest BCUT2D eigenvalue weighted by atomic mass is 32.1. The first kappa shape index (κ1) is 20.4. The summed E-state index contributed by atoms with van der Waals surface area (Å²) in [4.78, 5) is 29.8. The quantitative estimate of drug-likeness (QED) is 0.515. The van der Waals surface area contributed by atoms with Crippen LogP contribution in [0, 0.1) is 5.92 Å². The minimum absolute atomic E-state index is 0.344. The van der Waals surface area contributed by atoms with Gasteiger partial charge >= 0.3 is 12.1 Å². The van der Waals surface area contributed by atoms with Crippen molar-refractivity contribution in [2.24, 2.45) is 5.92 Å². The minimum Gasteiger partial charge on any atom is -0.461 e. The number of carbonyl (C=O) groups is 2. The van der Waals surface area contributed by atoms with Crippen LogP contribution in [0.15, 0.2) is 5.38 Å². The van der Waals surface area contributed by atoms with Crippen molar-refractivity contribution in [3.8, 4) is 0 Å². The van der Waals surface area contributed by atoms with Crippen LogP contribution in [0.1, 0.15) is 36.7 Å². The van der Waals surface area contributed by atoms with E-state index in [0.717, 1.165) is 37.5 Å². The molecule has 0 spiro atoms. The first-order chi connectivity index (χ1) is 12.6. The number of nitrogens with one attached hydrogen (secondary N) is 1. The lowest BCUT2D eigenvalue weighted by atomic mass is 9.98. The molecule has 146 valence electrons. The molecule has 0 aliphatic carbocycles. The highest BCUT2D eigenvalue weighted by molar-refractivity contribution is 7.13. The smallest absolute Gasteiger partial charge is 0.407 e. The molecule has 0 radical (unpaired) electrons. The van der Waals surface area contributed by atoms with E-state index in [9.17, 15) is 9.59 Å². The molecular weight excluding hydrogens is 358 g/mol. The van der Waals surface area contributed by atoms with Crippen molar-refractivity contribution in [2.45, 2.75) is 26.2 Å². The van der Waals surface area contributed by atoms with Crippen LogP contribution < -0.4 is 10.2 Å². The van der Waals surface area contributed by atoms with Gasteiger partial charge in [0.05, 0.1) is 13.2 Å². The van der Waals surface area contributed by atoms with Crippen LogP contribution in [-0.4, -0.2) is 63.6 Å². The van der Waals surface area contributed by atoms with Gasteiger partial charge < -0.3 is 24.4 Å². The van der Waals surface area contributed by atoms with Crippen LogP contribution in [0.5, 0.6) is 0 Å². The van der Waals surface area contributed by atoms with Gasteiger partial charge in [0.15, 0.2) is 10.8 Å². The Morgan fingerprint density at radius 2 is 2.12 bits per heavy atom. The number of anilines is 1.